The third-order valence-corrected chi connectivity index (χ3v) is 2.72. The first kappa shape index (κ1) is 12.4. The lowest BCUT2D eigenvalue weighted by Gasteiger charge is -1.90. The molecule has 2 heteroatoms. The van der Waals surface area contributed by atoms with Gasteiger partial charge < -0.3 is 4.42 Å². The van der Waals surface area contributed by atoms with Crippen molar-refractivity contribution in [2.45, 2.75) is 39.0 Å². The van der Waals surface area contributed by atoms with Gasteiger partial charge in [0.05, 0.1) is 0 Å². The van der Waals surface area contributed by atoms with E-state index in [0.29, 0.717) is 0 Å². The van der Waals surface area contributed by atoms with Crippen LogP contribution in [0.1, 0.15) is 44.1 Å². The Morgan fingerprint density at radius 2 is 2.13 bits per heavy atom. The number of unbranched alkanes of at least 4 members (excludes halogenated alkanes) is 3. The lowest BCUT2D eigenvalue weighted by Crippen LogP contribution is -1.76. The summed E-state index contributed by atoms with van der Waals surface area (Å²) in [5.74, 6) is 8.00. The number of hydrogen-bond donors (Lipinski definition) is 0. The molecule has 0 fully saturated rings. The monoisotopic (exact) mass is 268 g/mol. The van der Waals surface area contributed by atoms with Gasteiger partial charge in [0.15, 0.2) is 5.76 Å². The number of furan rings is 1. The van der Waals surface area contributed by atoms with Crippen LogP contribution in [0.2, 0.25) is 0 Å². The SMILES string of the molecule is CCc1ccc(C#CCCCCCBr)o1. The molecule has 0 aliphatic heterocycles. The topological polar surface area (TPSA) is 13.1 Å². The van der Waals surface area contributed by atoms with E-state index in [0.717, 1.165) is 29.7 Å². The van der Waals surface area contributed by atoms with Gasteiger partial charge in [-0.3, -0.25) is 0 Å². The molecular formula is C13H17BrO. The fourth-order valence-electron chi connectivity index (χ4n) is 1.27. The van der Waals surface area contributed by atoms with Gasteiger partial charge in [-0.1, -0.05) is 35.2 Å². The first-order valence-electron chi connectivity index (χ1n) is 5.50. The Kier molecular flexibility index (Phi) is 6.27. The summed E-state index contributed by atoms with van der Waals surface area (Å²) >= 11 is 3.41. The standard InChI is InChI=1S/C13H17BrO/c1-2-12-9-10-13(15-12)8-6-4-3-5-7-11-14/h9-10H,2-5,7,11H2,1H3. The molecule has 0 saturated carbocycles. The highest BCUT2D eigenvalue weighted by atomic mass is 79.9. The van der Waals surface area contributed by atoms with E-state index in [2.05, 4.69) is 34.7 Å². The van der Waals surface area contributed by atoms with Crippen LogP contribution in [0.5, 0.6) is 0 Å². The van der Waals surface area contributed by atoms with Crippen LogP contribution in [-0.2, 0) is 6.42 Å². The van der Waals surface area contributed by atoms with Crippen molar-refractivity contribution in [1.29, 1.82) is 0 Å². The number of rotatable bonds is 5. The van der Waals surface area contributed by atoms with Crippen LogP contribution in [0.4, 0.5) is 0 Å². The highest BCUT2D eigenvalue weighted by Crippen LogP contribution is 2.07. The number of halogens is 1. The fourth-order valence-corrected chi connectivity index (χ4v) is 1.67. The maximum atomic E-state index is 5.48. The third-order valence-electron chi connectivity index (χ3n) is 2.16. The summed E-state index contributed by atoms with van der Waals surface area (Å²) in [5.41, 5.74) is 0. The molecule has 0 aromatic carbocycles. The molecule has 0 N–H and O–H groups in total. The highest BCUT2D eigenvalue weighted by molar-refractivity contribution is 9.09. The first-order valence-corrected chi connectivity index (χ1v) is 6.62. The molecule has 1 aromatic heterocycles. The van der Waals surface area contributed by atoms with Crippen molar-refractivity contribution in [2.75, 3.05) is 5.33 Å². The zero-order valence-electron chi connectivity index (χ0n) is 9.18. The van der Waals surface area contributed by atoms with Crippen molar-refractivity contribution in [3.05, 3.63) is 23.7 Å². The van der Waals surface area contributed by atoms with Crippen LogP contribution in [-0.4, -0.2) is 5.33 Å². The van der Waals surface area contributed by atoms with Crippen LogP contribution >= 0.6 is 15.9 Å². The molecule has 0 radical (unpaired) electrons. The molecule has 0 aliphatic rings. The molecule has 0 bridgehead atoms. The van der Waals surface area contributed by atoms with Crippen molar-refractivity contribution in [2.24, 2.45) is 0 Å². The fraction of sp³-hybridized carbons (Fsp3) is 0.538. The molecule has 15 heavy (non-hydrogen) atoms. The van der Waals surface area contributed by atoms with Gasteiger partial charge in [0, 0.05) is 18.2 Å². The predicted octanol–water partition coefficient (Wildman–Crippen LogP) is 4.15. The molecule has 0 saturated heterocycles. The Hall–Kier alpha value is -0.680. The summed E-state index contributed by atoms with van der Waals surface area (Å²) < 4.78 is 5.48. The van der Waals surface area contributed by atoms with E-state index in [4.69, 9.17) is 4.42 Å². The van der Waals surface area contributed by atoms with Gasteiger partial charge in [0.25, 0.3) is 0 Å². The van der Waals surface area contributed by atoms with E-state index in [1.165, 1.54) is 19.3 Å². The number of aryl methyl sites for hydroxylation is 1. The van der Waals surface area contributed by atoms with E-state index in [-0.39, 0.29) is 0 Å². The molecule has 1 heterocycles. The maximum absolute atomic E-state index is 5.48. The van der Waals surface area contributed by atoms with Crippen LogP contribution in [0.25, 0.3) is 0 Å². The Morgan fingerprint density at radius 1 is 1.27 bits per heavy atom. The predicted molar refractivity (Wildman–Crippen MR) is 67.2 cm³/mol. The lowest BCUT2D eigenvalue weighted by molar-refractivity contribution is 0.505. The largest absolute Gasteiger partial charge is 0.453 e. The summed E-state index contributed by atoms with van der Waals surface area (Å²) in [6.45, 7) is 2.08. The molecule has 82 valence electrons. The third kappa shape index (κ3) is 5.09. The molecule has 0 aliphatic carbocycles. The van der Waals surface area contributed by atoms with Gasteiger partial charge in [0.2, 0.25) is 0 Å². The molecule has 0 spiro atoms. The quantitative estimate of drug-likeness (QED) is 0.444. The zero-order chi connectivity index (χ0) is 10.9. The summed E-state index contributed by atoms with van der Waals surface area (Å²) in [6, 6.07) is 3.94. The molecule has 1 aromatic rings. The summed E-state index contributed by atoms with van der Waals surface area (Å²) in [7, 11) is 0. The zero-order valence-corrected chi connectivity index (χ0v) is 10.8. The minimum atomic E-state index is 0.798. The van der Waals surface area contributed by atoms with Gasteiger partial charge in [-0.05, 0) is 30.9 Å². The van der Waals surface area contributed by atoms with Crippen LogP contribution in [0, 0.1) is 11.8 Å². The minimum absolute atomic E-state index is 0.798. The lowest BCUT2D eigenvalue weighted by atomic mass is 10.2. The second-order valence-corrected chi connectivity index (χ2v) is 4.21. The summed E-state index contributed by atoms with van der Waals surface area (Å²) in [4.78, 5) is 0. The number of hydrogen-bond acceptors (Lipinski definition) is 1. The Labute approximate surface area is 100 Å². The van der Waals surface area contributed by atoms with E-state index in [1.807, 2.05) is 12.1 Å². The van der Waals surface area contributed by atoms with Crippen molar-refractivity contribution in [3.63, 3.8) is 0 Å². The van der Waals surface area contributed by atoms with Crippen LogP contribution in [0.3, 0.4) is 0 Å². The Bertz CT molecular complexity index is 330. The van der Waals surface area contributed by atoms with Crippen molar-refractivity contribution >= 4 is 15.9 Å². The molecule has 1 nitrogen and oxygen atoms in total. The molecule has 0 unspecified atom stereocenters. The van der Waals surface area contributed by atoms with Crippen LogP contribution < -0.4 is 0 Å². The smallest absolute Gasteiger partial charge is 0.177 e. The summed E-state index contributed by atoms with van der Waals surface area (Å²) in [5, 5.41) is 1.10. The first-order chi connectivity index (χ1) is 7.36. The van der Waals surface area contributed by atoms with Gasteiger partial charge in [-0.15, -0.1) is 0 Å². The Balaban J connectivity index is 2.25. The highest BCUT2D eigenvalue weighted by Gasteiger charge is 1.94. The Morgan fingerprint density at radius 3 is 2.80 bits per heavy atom. The average Bonchev–Trinajstić information content (AvgIpc) is 2.71. The van der Waals surface area contributed by atoms with Gasteiger partial charge in [-0.2, -0.15) is 0 Å². The molecule has 0 amide bonds. The van der Waals surface area contributed by atoms with Crippen molar-refractivity contribution in [1.82, 2.24) is 0 Å². The van der Waals surface area contributed by atoms with E-state index >= 15 is 0 Å². The van der Waals surface area contributed by atoms with Gasteiger partial charge in [-0.25, -0.2) is 0 Å². The van der Waals surface area contributed by atoms with E-state index in [1.54, 1.807) is 0 Å². The van der Waals surface area contributed by atoms with Crippen LogP contribution in [0.15, 0.2) is 16.5 Å². The second-order valence-electron chi connectivity index (χ2n) is 3.42. The molecular weight excluding hydrogens is 252 g/mol. The minimum Gasteiger partial charge on any atom is -0.453 e. The second kappa shape index (κ2) is 7.59. The van der Waals surface area contributed by atoms with Crippen molar-refractivity contribution in [3.8, 4) is 11.8 Å². The summed E-state index contributed by atoms with van der Waals surface area (Å²) in [6.07, 6.45) is 5.57. The maximum Gasteiger partial charge on any atom is 0.177 e. The van der Waals surface area contributed by atoms with E-state index in [9.17, 15) is 0 Å². The number of alkyl halides is 1. The normalized spacial score (nSPS) is 9.73. The average molecular weight is 269 g/mol. The van der Waals surface area contributed by atoms with Crippen molar-refractivity contribution < 1.29 is 4.42 Å². The van der Waals surface area contributed by atoms with Gasteiger partial charge >= 0.3 is 0 Å². The van der Waals surface area contributed by atoms with Gasteiger partial charge in [0.1, 0.15) is 5.76 Å². The molecule has 1 rings (SSSR count). The molecule has 0 atom stereocenters. The van der Waals surface area contributed by atoms with E-state index < -0.39 is 0 Å².